The quantitative estimate of drug-likeness (QED) is 0.332. The van der Waals surface area contributed by atoms with Crippen molar-refractivity contribution in [2.45, 2.75) is 58.3 Å². The minimum atomic E-state index is 0.258. The molecule has 0 aliphatic carbocycles. The summed E-state index contributed by atoms with van der Waals surface area (Å²) in [6.45, 7) is 5.14. The van der Waals surface area contributed by atoms with E-state index in [1.54, 1.807) is 7.11 Å². The molecule has 1 aromatic carbocycles. The highest BCUT2D eigenvalue weighted by Gasteiger charge is 2.18. The molecule has 0 saturated carbocycles. The molecule has 23 heavy (non-hydrogen) atoms. The first kappa shape index (κ1) is 20.7. The maximum Gasteiger partial charge on any atom is 0.118 e. The third-order valence-corrected chi connectivity index (χ3v) is 5.55. The van der Waals surface area contributed by atoms with E-state index in [1.807, 2.05) is 19.2 Å². The summed E-state index contributed by atoms with van der Waals surface area (Å²) in [6.07, 6.45) is 4.83. The van der Waals surface area contributed by atoms with Crippen LogP contribution >= 0.6 is 22.6 Å². The van der Waals surface area contributed by atoms with Gasteiger partial charge in [-0.05, 0) is 42.9 Å². The van der Waals surface area contributed by atoms with Crippen LogP contribution in [0, 0.1) is 5.92 Å². The molecule has 0 amide bonds. The number of ether oxygens (including phenoxy) is 3. The van der Waals surface area contributed by atoms with E-state index in [2.05, 4.69) is 48.6 Å². The normalized spacial score (nSPS) is 15.2. The van der Waals surface area contributed by atoms with Crippen LogP contribution < -0.4 is 4.74 Å². The number of hydrogen-bond acceptors (Lipinski definition) is 3. The van der Waals surface area contributed by atoms with Crippen molar-refractivity contribution in [3.05, 3.63) is 29.8 Å². The van der Waals surface area contributed by atoms with Crippen LogP contribution in [0.25, 0.3) is 0 Å². The van der Waals surface area contributed by atoms with E-state index < -0.39 is 0 Å². The standard InChI is InChI=1S/C19H31IO3/c1-5-6-18(12-19(22-4)11-15(2)13-20)23-14-16-7-9-17(21-3)10-8-16/h7-10,15,18-19H,5-6,11-14H2,1-4H3/t15-,18+,19+/m0/s1. The molecule has 0 N–H and O–H groups in total. The van der Waals surface area contributed by atoms with Crippen LogP contribution in [0.2, 0.25) is 0 Å². The van der Waals surface area contributed by atoms with Gasteiger partial charge in [0.25, 0.3) is 0 Å². The summed E-state index contributed by atoms with van der Waals surface area (Å²) in [5, 5.41) is 0. The fourth-order valence-electron chi connectivity index (χ4n) is 2.62. The molecule has 132 valence electrons. The average molecular weight is 434 g/mol. The maximum absolute atomic E-state index is 6.17. The Morgan fingerprint density at radius 2 is 1.74 bits per heavy atom. The molecule has 3 nitrogen and oxygen atoms in total. The fourth-order valence-corrected chi connectivity index (χ4v) is 2.98. The van der Waals surface area contributed by atoms with Crippen molar-refractivity contribution in [3.8, 4) is 5.75 Å². The summed E-state index contributed by atoms with van der Waals surface area (Å²) >= 11 is 2.45. The van der Waals surface area contributed by atoms with Crippen molar-refractivity contribution in [1.29, 1.82) is 0 Å². The topological polar surface area (TPSA) is 27.7 Å². The predicted octanol–water partition coefficient (Wildman–Crippen LogP) is 5.25. The van der Waals surface area contributed by atoms with Crippen LogP contribution in [0.1, 0.15) is 45.1 Å². The third-order valence-electron chi connectivity index (χ3n) is 4.04. The SMILES string of the molecule is CCC[C@H](C[C@@H](C[C@H](C)CI)OC)OCc1ccc(OC)cc1. The van der Waals surface area contributed by atoms with Gasteiger partial charge in [0.2, 0.25) is 0 Å². The molecule has 3 atom stereocenters. The zero-order valence-electron chi connectivity index (χ0n) is 14.9. The predicted molar refractivity (Wildman–Crippen MR) is 105 cm³/mol. The molecule has 0 radical (unpaired) electrons. The summed E-state index contributed by atoms with van der Waals surface area (Å²) in [6, 6.07) is 8.09. The number of benzene rings is 1. The average Bonchev–Trinajstić information content (AvgIpc) is 2.59. The first-order chi connectivity index (χ1) is 11.1. The Balaban J connectivity index is 2.52. The second kappa shape index (κ2) is 12.1. The van der Waals surface area contributed by atoms with Crippen molar-refractivity contribution >= 4 is 22.6 Å². The smallest absolute Gasteiger partial charge is 0.118 e. The summed E-state index contributed by atoms with van der Waals surface area (Å²) in [4.78, 5) is 0. The van der Waals surface area contributed by atoms with Gasteiger partial charge in [0, 0.05) is 11.5 Å². The maximum atomic E-state index is 6.17. The highest BCUT2D eigenvalue weighted by molar-refractivity contribution is 14.1. The Hall–Kier alpha value is -0.330. The number of rotatable bonds is 12. The summed E-state index contributed by atoms with van der Waals surface area (Å²) < 4.78 is 18.2. The Morgan fingerprint density at radius 1 is 1.04 bits per heavy atom. The van der Waals surface area contributed by atoms with E-state index in [-0.39, 0.29) is 12.2 Å². The van der Waals surface area contributed by atoms with E-state index in [0.29, 0.717) is 12.5 Å². The van der Waals surface area contributed by atoms with Gasteiger partial charge in [-0.25, -0.2) is 0 Å². The van der Waals surface area contributed by atoms with Gasteiger partial charge < -0.3 is 14.2 Å². The molecule has 1 rings (SSSR count). The minimum Gasteiger partial charge on any atom is -0.497 e. The largest absolute Gasteiger partial charge is 0.497 e. The summed E-state index contributed by atoms with van der Waals surface area (Å²) in [5.74, 6) is 1.57. The van der Waals surface area contributed by atoms with Crippen molar-refractivity contribution in [3.63, 3.8) is 0 Å². The van der Waals surface area contributed by atoms with Gasteiger partial charge in [0.15, 0.2) is 0 Å². The molecule has 1 aromatic rings. The number of methoxy groups -OCH3 is 2. The molecule has 0 aliphatic rings. The highest BCUT2D eigenvalue weighted by Crippen LogP contribution is 2.20. The highest BCUT2D eigenvalue weighted by atomic mass is 127. The summed E-state index contributed by atoms with van der Waals surface area (Å²) in [7, 11) is 3.50. The number of hydrogen-bond donors (Lipinski definition) is 0. The molecule has 4 heteroatoms. The van der Waals surface area contributed by atoms with Crippen LogP contribution in [-0.2, 0) is 16.1 Å². The van der Waals surface area contributed by atoms with Crippen LogP contribution in [-0.4, -0.2) is 30.9 Å². The van der Waals surface area contributed by atoms with Crippen LogP contribution in [0.4, 0.5) is 0 Å². The van der Waals surface area contributed by atoms with E-state index in [1.165, 1.54) is 9.99 Å². The van der Waals surface area contributed by atoms with Crippen molar-refractivity contribution in [1.82, 2.24) is 0 Å². The lowest BCUT2D eigenvalue weighted by Crippen LogP contribution is -2.24. The molecule has 0 aliphatic heterocycles. The van der Waals surface area contributed by atoms with Crippen molar-refractivity contribution in [2.75, 3.05) is 18.6 Å². The Bertz CT molecular complexity index is 408. The lowest BCUT2D eigenvalue weighted by Gasteiger charge is -2.24. The number of alkyl halides is 1. The van der Waals surface area contributed by atoms with Gasteiger partial charge in [-0.2, -0.15) is 0 Å². The van der Waals surface area contributed by atoms with Crippen LogP contribution in [0.15, 0.2) is 24.3 Å². The number of halogens is 1. The van der Waals surface area contributed by atoms with Gasteiger partial charge in [-0.1, -0.05) is 55.0 Å². The molecular weight excluding hydrogens is 403 g/mol. The molecule has 0 bridgehead atoms. The summed E-state index contributed by atoms with van der Waals surface area (Å²) in [5.41, 5.74) is 1.18. The van der Waals surface area contributed by atoms with Gasteiger partial charge in [-0.3, -0.25) is 0 Å². The van der Waals surface area contributed by atoms with Gasteiger partial charge in [0.1, 0.15) is 5.75 Å². The second-order valence-corrected chi connectivity index (χ2v) is 7.04. The minimum absolute atomic E-state index is 0.258. The molecule has 0 spiro atoms. The first-order valence-electron chi connectivity index (χ1n) is 8.46. The molecule has 0 saturated heterocycles. The Labute approximate surface area is 155 Å². The van der Waals surface area contributed by atoms with E-state index in [0.717, 1.165) is 31.4 Å². The lowest BCUT2D eigenvalue weighted by atomic mass is 9.99. The second-order valence-electron chi connectivity index (χ2n) is 6.16. The molecule has 0 aromatic heterocycles. The zero-order valence-corrected chi connectivity index (χ0v) is 17.0. The van der Waals surface area contributed by atoms with Gasteiger partial charge in [0.05, 0.1) is 25.9 Å². The molecular formula is C19H31IO3. The first-order valence-corrected chi connectivity index (χ1v) is 9.98. The Kier molecular flexibility index (Phi) is 10.9. The Morgan fingerprint density at radius 3 is 2.26 bits per heavy atom. The molecule has 0 heterocycles. The van der Waals surface area contributed by atoms with Crippen LogP contribution in [0.5, 0.6) is 5.75 Å². The third kappa shape index (κ3) is 8.36. The van der Waals surface area contributed by atoms with Crippen molar-refractivity contribution < 1.29 is 14.2 Å². The molecule has 0 fully saturated rings. The van der Waals surface area contributed by atoms with Gasteiger partial charge >= 0.3 is 0 Å². The van der Waals surface area contributed by atoms with E-state index >= 15 is 0 Å². The zero-order chi connectivity index (χ0) is 17.1. The monoisotopic (exact) mass is 434 g/mol. The van der Waals surface area contributed by atoms with Crippen LogP contribution in [0.3, 0.4) is 0 Å². The molecule has 0 unspecified atom stereocenters. The van der Waals surface area contributed by atoms with E-state index in [4.69, 9.17) is 14.2 Å². The fraction of sp³-hybridized carbons (Fsp3) is 0.684. The van der Waals surface area contributed by atoms with Gasteiger partial charge in [-0.15, -0.1) is 0 Å². The van der Waals surface area contributed by atoms with E-state index in [9.17, 15) is 0 Å². The lowest BCUT2D eigenvalue weighted by molar-refractivity contribution is -0.0182. The van der Waals surface area contributed by atoms with Crippen molar-refractivity contribution in [2.24, 2.45) is 5.92 Å².